The topological polar surface area (TPSA) is 55.6 Å². The number of amides is 1. The Labute approximate surface area is 132 Å². The van der Waals surface area contributed by atoms with Gasteiger partial charge >= 0.3 is 0 Å². The van der Waals surface area contributed by atoms with Crippen molar-refractivity contribution < 1.29 is 9.53 Å². The molecule has 0 bridgehead atoms. The van der Waals surface area contributed by atoms with Gasteiger partial charge in [0.25, 0.3) is 0 Å². The Bertz CT molecular complexity index is 536. The van der Waals surface area contributed by atoms with Gasteiger partial charge in [-0.1, -0.05) is 24.3 Å². The molecule has 1 aromatic rings. The first-order valence-corrected chi connectivity index (χ1v) is 8.24. The summed E-state index contributed by atoms with van der Waals surface area (Å²) in [4.78, 5) is 14.6. The lowest BCUT2D eigenvalue weighted by molar-refractivity contribution is -0.139. The van der Waals surface area contributed by atoms with Crippen LogP contribution in [0.5, 0.6) is 0 Å². The quantitative estimate of drug-likeness (QED) is 0.876. The molecular formula is C18H26N2O2. The third kappa shape index (κ3) is 3.03. The number of aryl methyl sites for hydroxylation is 1. The fourth-order valence-electron chi connectivity index (χ4n) is 3.57. The molecule has 2 aliphatic carbocycles. The lowest BCUT2D eigenvalue weighted by atomic mass is 9.73. The molecule has 4 heteroatoms. The van der Waals surface area contributed by atoms with Crippen LogP contribution < -0.4 is 5.73 Å². The SMILES string of the molecule is COCC(N)C(=O)N(C1CC1)C1CC(c2ccccc2C)C1. The molecule has 22 heavy (non-hydrogen) atoms. The van der Waals surface area contributed by atoms with Crippen LogP contribution in [0, 0.1) is 6.92 Å². The third-order valence-corrected chi connectivity index (χ3v) is 4.99. The smallest absolute Gasteiger partial charge is 0.242 e. The van der Waals surface area contributed by atoms with E-state index in [9.17, 15) is 4.79 Å². The minimum absolute atomic E-state index is 0.0672. The third-order valence-electron chi connectivity index (χ3n) is 4.99. The summed E-state index contributed by atoms with van der Waals surface area (Å²) in [6.45, 7) is 2.47. The summed E-state index contributed by atoms with van der Waals surface area (Å²) in [5.74, 6) is 0.650. The number of carbonyl (C=O) groups is 1. The number of carbonyl (C=O) groups excluding carboxylic acids is 1. The molecular weight excluding hydrogens is 276 g/mol. The van der Waals surface area contributed by atoms with Crippen LogP contribution in [0.1, 0.15) is 42.7 Å². The molecule has 1 amide bonds. The van der Waals surface area contributed by atoms with Crippen LogP contribution in [0.4, 0.5) is 0 Å². The largest absolute Gasteiger partial charge is 0.383 e. The monoisotopic (exact) mass is 302 g/mol. The van der Waals surface area contributed by atoms with Gasteiger partial charge in [-0.15, -0.1) is 0 Å². The van der Waals surface area contributed by atoms with Gasteiger partial charge in [0.2, 0.25) is 5.91 Å². The van der Waals surface area contributed by atoms with Gasteiger partial charge in [0.15, 0.2) is 0 Å². The van der Waals surface area contributed by atoms with Crippen LogP contribution in [0.2, 0.25) is 0 Å². The van der Waals surface area contributed by atoms with Crippen molar-refractivity contribution in [1.82, 2.24) is 4.90 Å². The van der Waals surface area contributed by atoms with E-state index in [1.54, 1.807) is 7.11 Å². The van der Waals surface area contributed by atoms with Crippen LogP contribution in [-0.2, 0) is 9.53 Å². The highest BCUT2D eigenvalue weighted by molar-refractivity contribution is 5.83. The van der Waals surface area contributed by atoms with Gasteiger partial charge < -0.3 is 15.4 Å². The number of ether oxygens (including phenoxy) is 1. The summed E-state index contributed by atoms with van der Waals surface area (Å²) in [6.07, 6.45) is 4.37. The average Bonchev–Trinajstić information content (AvgIpc) is 3.27. The predicted octanol–water partition coefficient (Wildman–Crippen LogP) is 2.21. The van der Waals surface area contributed by atoms with E-state index in [2.05, 4.69) is 36.1 Å². The lowest BCUT2D eigenvalue weighted by Crippen LogP contribution is -2.54. The van der Waals surface area contributed by atoms with E-state index >= 15 is 0 Å². The van der Waals surface area contributed by atoms with E-state index in [1.165, 1.54) is 11.1 Å². The van der Waals surface area contributed by atoms with Gasteiger partial charge in [0.1, 0.15) is 6.04 Å². The van der Waals surface area contributed by atoms with Gasteiger partial charge in [-0.2, -0.15) is 0 Å². The number of nitrogens with two attached hydrogens (primary N) is 1. The number of nitrogens with zero attached hydrogens (tertiary/aromatic N) is 1. The Kier molecular flexibility index (Phi) is 4.50. The van der Waals surface area contributed by atoms with Crippen LogP contribution in [0.25, 0.3) is 0 Å². The van der Waals surface area contributed by atoms with Crippen molar-refractivity contribution in [2.75, 3.05) is 13.7 Å². The lowest BCUT2D eigenvalue weighted by Gasteiger charge is -2.44. The van der Waals surface area contributed by atoms with Gasteiger partial charge in [0.05, 0.1) is 6.61 Å². The molecule has 0 heterocycles. The summed E-state index contributed by atoms with van der Waals surface area (Å²) in [6, 6.07) is 8.82. The normalized spacial score (nSPS) is 25.4. The van der Waals surface area contributed by atoms with E-state index in [1.807, 2.05) is 0 Å². The summed E-state index contributed by atoms with van der Waals surface area (Å²) in [5.41, 5.74) is 8.75. The second-order valence-corrected chi connectivity index (χ2v) is 6.72. The minimum Gasteiger partial charge on any atom is -0.383 e. The highest BCUT2D eigenvalue weighted by atomic mass is 16.5. The molecule has 0 spiro atoms. The zero-order valence-corrected chi connectivity index (χ0v) is 13.5. The van der Waals surface area contributed by atoms with Crippen molar-refractivity contribution in [3.05, 3.63) is 35.4 Å². The molecule has 0 saturated heterocycles. The van der Waals surface area contributed by atoms with Crippen molar-refractivity contribution in [2.45, 2.75) is 56.7 Å². The van der Waals surface area contributed by atoms with E-state index in [0.717, 1.165) is 25.7 Å². The Morgan fingerprint density at radius 2 is 2.00 bits per heavy atom. The zero-order chi connectivity index (χ0) is 15.7. The van der Waals surface area contributed by atoms with Gasteiger partial charge in [-0.3, -0.25) is 4.79 Å². The summed E-state index contributed by atoms with van der Waals surface area (Å²) in [7, 11) is 1.59. The highest BCUT2D eigenvalue weighted by Crippen LogP contribution is 2.44. The molecule has 2 aliphatic rings. The van der Waals surface area contributed by atoms with Crippen molar-refractivity contribution in [1.29, 1.82) is 0 Å². The van der Waals surface area contributed by atoms with Crippen LogP contribution in [0.3, 0.4) is 0 Å². The summed E-state index contributed by atoms with van der Waals surface area (Å²) < 4.78 is 5.04. The molecule has 0 aliphatic heterocycles. The molecule has 2 fully saturated rings. The molecule has 1 atom stereocenters. The van der Waals surface area contributed by atoms with Crippen molar-refractivity contribution in [2.24, 2.45) is 5.73 Å². The number of rotatable bonds is 6. The first-order chi connectivity index (χ1) is 10.6. The predicted molar refractivity (Wildman–Crippen MR) is 86.7 cm³/mol. The Hall–Kier alpha value is -1.39. The fraction of sp³-hybridized carbons (Fsp3) is 0.611. The Morgan fingerprint density at radius 1 is 1.32 bits per heavy atom. The van der Waals surface area contributed by atoms with Crippen LogP contribution >= 0.6 is 0 Å². The van der Waals surface area contributed by atoms with E-state index in [0.29, 0.717) is 24.6 Å². The molecule has 1 aromatic carbocycles. The van der Waals surface area contributed by atoms with Crippen molar-refractivity contribution >= 4 is 5.91 Å². The molecule has 3 rings (SSSR count). The van der Waals surface area contributed by atoms with Crippen LogP contribution in [-0.4, -0.2) is 42.6 Å². The van der Waals surface area contributed by atoms with Crippen molar-refractivity contribution in [3.8, 4) is 0 Å². The van der Waals surface area contributed by atoms with E-state index in [-0.39, 0.29) is 5.91 Å². The number of methoxy groups -OCH3 is 1. The molecule has 0 aromatic heterocycles. The maximum Gasteiger partial charge on any atom is 0.242 e. The first-order valence-electron chi connectivity index (χ1n) is 8.24. The maximum atomic E-state index is 12.6. The molecule has 0 radical (unpaired) electrons. The molecule has 1 unspecified atom stereocenters. The highest BCUT2D eigenvalue weighted by Gasteiger charge is 2.44. The minimum atomic E-state index is -0.525. The maximum absolute atomic E-state index is 12.6. The van der Waals surface area contributed by atoms with Gasteiger partial charge in [0, 0.05) is 19.2 Å². The fourth-order valence-corrected chi connectivity index (χ4v) is 3.57. The van der Waals surface area contributed by atoms with Gasteiger partial charge in [-0.05, 0) is 49.7 Å². The Morgan fingerprint density at radius 3 is 2.59 bits per heavy atom. The second-order valence-electron chi connectivity index (χ2n) is 6.72. The molecule has 120 valence electrons. The van der Waals surface area contributed by atoms with E-state index < -0.39 is 6.04 Å². The van der Waals surface area contributed by atoms with Gasteiger partial charge in [-0.25, -0.2) is 0 Å². The van der Waals surface area contributed by atoms with Crippen molar-refractivity contribution in [3.63, 3.8) is 0 Å². The standard InChI is InChI=1S/C18H26N2O2/c1-12-5-3-4-6-16(12)13-9-15(10-13)20(14-7-8-14)18(21)17(19)11-22-2/h3-6,13-15,17H,7-11,19H2,1-2H3. The summed E-state index contributed by atoms with van der Waals surface area (Å²) in [5, 5.41) is 0. The Balaban J connectivity index is 1.64. The first kappa shape index (κ1) is 15.5. The molecule has 4 nitrogen and oxygen atoms in total. The average molecular weight is 302 g/mol. The number of benzene rings is 1. The molecule has 2 saturated carbocycles. The zero-order valence-electron chi connectivity index (χ0n) is 13.5. The van der Waals surface area contributed by atoms with Crippen LogP contribution in [0.15, 0.2) is 24.3 Å². The molecule has 2 N–H and O–H groups in total. The second kappa shape index (κ2) is 6.39. The number of hydrogen-bond acceptors (Lipinski definition) is 3. The summed E-state index contributed by atoms with van der Waals surface area (Å²) >= 11 is 0. The number of hydrogen-bond donors (Lipinski definition) is 1. The van der Waals surface area contributed by atoms with E-state index in [4.69, 9.17) is 10.5 Å².